The van der Waals surface area contributed by atoms with Crippen LogP contribution in [0.4, 0.5) is 4.39 Å². The number of methoxy groups -OCH3 is 1. The molecular weight excluding hydrogens is 333 g/mol. The lowest BCUT2D eigenvalue weighted by Gasteiger charge is -2.15. The Morgan fingerprint density at radius 2 is 1.96 bits per heavy atom. The molecule has 0 aliphatic heterocycles. The van der Waals surface area contributed by atoms with Crippen LogP contribution in [0.25, 0.3) is 0 Å². The van der Waals surface area contributed by atoms with Crippen LogP contribution in [-0.2, 0) is 16.1 Å². The molecule has 0 aliphatic rings. The fraction of sp³-hybridized carbons (Fsp3) is 0.294. The van der Waals surface area contributed by atoms with E-state index in [1.165, 1.54) is 35.9 Å². The minimum absolute atomic E-state index is 0.0991. The van der Waals surface area contributed by atoms with Crippen molar-refractivity contribution >= 4 is 23.6 Å². The Kier molecular flexibility index (Phi) is 6.03. The van der Waals surface area contributed by atoms with Gasteiger partial charge in [-0.1, -0.05) is 0 Å². The molecule has 1 amide bonds. The van der Waals surface area contributed by atoms with Gasteiger partial charge in [0.2, 0.25) is 5.91 Å². The van der Waals surface area contributed by atoms with Crippen molar-refractivity contribution < 1.29 is 23.1 Å². The van der Waals surface area contributed by atoms with Crippen LogP contribution < -0.4 is 0 Å². The van der Waals surface area contributed by atoms with Crippen LogP contribution in [0.15, 0.2) is 39.6 Å². The van der Waals surface area contributed by atoms with Gasteiger partial charge in [0.1, 0.15) is 22.9 Å². The first-order valence-corrected chi connectivity index (χ1v) is 8.19. The van der Waals surface area contributed by atoms with E-state index in [4.69, 9.17) is 4.42 Å². The number of benzene rings is 1. The number of ether oxygens (including phenoxy) is 1. The molecule has 1 aromatic heterocycles. The van der Waals surface area contributed by atoms with E-state index in [1.807, 2.05) is 0 Å². The summed E-state index contributed by atoms with van der Waals surface area (Å²) in [4.78, 5) is 26.1. The number of carbonyl (C=O) groups is 2. The minimum atomic E-state index is -0.469. The number of carbonyl (C=O) groups excluding carboxylic acids is 2. The molecule has 0 fully saturated rings. The fourth-order valence-electron chi connectivity index (χ4n) is 2.04. The normalized spacial score (nSPS) is 10.5. The van der Waals surface area contributed by atoms with Crippen molar-refractivity contribution in [2.24, 2.45) is 0 Å². The highest BCUT2D eigenvalue weighted by atomic mass is 32.2. The third-order valence-corrected chi connectivity index (χ3v) is 4.37. The van der Waals surface area contributed by atoms with Gasteiger partial charge in [0.25, 0.3) is 0 Å². The first-order valence-electron chi connectivity index (χ1n) is 7.20. The van der Waals surface area contributed by atoms with Crippen LogP contribution in [0.1, 0.15) is 21.9 Å². The molecule has 7 heteroatoms. The Morgan fingerprint density at radius 1 is 1.29 bits per heavy atom. The first-order chi connectivity index (χ1) is 11.4. The molecule has 0 N–H and O–H groups in total. The number of aryl methyl sites for hydroxylation is 1. The monoisotopic (exact) mass is 351 g/mol. The molecule has 0 saturated heterocycles. The number of hydrogen-bond acceptors (Lipinski definition) is 5. The van der Waals surface area contributed by atoms with E-state index < -0.39 is 5.97 Å². The largest absolute Gasteiger partial charge is 0.465 e. The van der Waals surface area contributed by atoms with E-state index in [9.17, 15) is 14.0 Å². The molecule has 1 heterocycles. The number of furan rings is 1. The summed E-state index contributed by atoms with van der Waals surface area (Å²) in [7, 11) is 2.96. The van der Waals surface area contributed by atoms with Crippen molar-refractivity contribution in [3.8, 4) is 0 Å². The van der Waals surface area contributed by atoms with Crippen molar-refractivity contribution in [2.75, 3.05) is 19.9 Å². The lowest BCUT2D eigenvalue weighted by atomic mass is 10.2. The van der Waals surface area contributed by atoms with Crippen molar-refractivity contribution in [2.45, 2.75) is 18.4 Å². The topological polar surface area (TPSA) is 59.8 Å². The van der Waals surface area contributed by atoms with Gasteiger partial charge in [-0.3, -0.25) is 4.79 Å². The summed E-state index contributed by atoms with van der Waals surface area (Å²) in [5.41, 5.74) is 0.356. The summed E-state index contributed by atoms with van der Waals surface area (Å²) < 4.78 is 23.0. The zero-order valence-corrected chi connectivity index (χ0v) is 14.5. The summed E-state index contributed by atoms with van der Waals surface area (Å²) in [6, 6.07) is 7.56. The highest BCUT2D eigenvalue weighted by Gasteiger charge is 2.18. The Labute approximate surface area is 143 Å². The predicted octanol–water partition coefficient (Wildman–Crippen LogP) is 3.26. The predicted molar refractivity (Wildman–Crippen MR) is 88.4 cm³/mol. The molecule has 0 unspecified atom stereocenters. The van der Waals surface area contributed by atoms with Crippen LogP contribution in [0.3, 0.4) is 0 Å². The lowest BCUT2D eigenvalue weighted by Crippen LogP contribution is -2.27. The molecule has 0 aliphatic carbocycles. The first kappa shape index (κ1) is 18.1. The van der Waals surface area contributed by atoms with Gasteiger partial charge in [0.15, 0.2) is 0 Å². The van der Waals surface area contributed by atoms with Crippen LogP contribution in [0, 0.1) is 12.7 Å². The number of hydrogen-bond donors (Lipinski definition) is 0. The summed E-state index contributed by atoms with van der Waals surface area (Å²) in [6.07, 6.45) is 0. The molecule has 1 aromatic carbocycles. The fourth-order valence-corrected chi connectivity index (χ4v) is 2.88. The number of thioether (sulfide) groups is 1. The highest BCUT2D eigenvalue weighted by Crippen LogP contribution is 2.20. The second-order valence-electron chi connectivity index (χ2n) is 5.17. The van der Waals surface area contributed by atoms with Crippen molar-refractivity contribution in [3.63, 3.8) is 0 Å². The van der Waals surface area contributed by atoms with Gasteiger partial charge in [0.05, 0.1) is 19.4 Å². The average molecular weight is 351 g/mol. The lowest BCUT2D eigenvalue weighted by molar-refractivity contribution is -0.127. The maximum atomic E-state index is 12.8. The molecule has 0 bridgehead atoms. The van der Waals surface area contributed by atoms with E-state index in [0.29, 0.717) is 17.1 Å². The number of amides is 1. The maximum absolute atomic E-state index is 12.8. The number of esters is 1. The molecule has 2 rings (SSSR count). The second kappa shape index (κ2) is 8.01. The van der Waals surface area contributed by atoms with Crippen LogP contribution in [0.2, 0.25) is 0 Å². The Bertz CT molecular complexity index is 727. The molecule has 0 radical (unpaired) electrons. The standard InChI is InChI=1S/C17H18FNO4S/c1-11-15(17(21)22-3)8-13(23-11)9-19(2)16(20)10-24-14-6-4-12(18)5-7-14/h4-8H,9-10H2,1-3H3. The maximum Gasteiger partial charge on any atom is 0.341 e. The van der Waals surface area contributed by atoms with Gasteiger partial charge >= 0.3 is 5.97 Å². The molecule has 128 valence electrons. The van der Waals surface area contributed by atoms with Crippen LogP contribution in [0.5, 0.6) is 0 Å². The highest BCUT2D eigenvalue weighted by molar-refractivity contribution is 8.00. The second-order valence-corrected chi connectivity index (χ2v) is 6.22. The van der Waals surface area contributed by atoms with Crippen molar-refractivity contribution in [3.05, 3.63) is 53.2 Å². The molecular formula is C17H18FNO4S. The Balaban J connectivity index is 1.91. The van der Waals surface area contributed by atoms with Gasteiger partial charge in [0, 0.05) is 11.9 Å². The molecule has 24 heavy (non-hydrogen) atoms. The smallest absolute Gasteiger partial charge is 0.341 e. The minimum Gasteiger partial charge on any atom is -0.465 e. The quantitative estimate of drug-likeness (QED) is 0.590. The molecule has 2 aromatic rings. The number of rotatable bonds is 6. The Hall–Kier alpha value is -2.28. The van der Waals surface area contributed by atoms with Gasteiger partial charge in [-0.15, -0.1) is 11.8 Å². The van der Waals surface area contributed by atoms with Gasteiger partial charge in [-0.2, -0.15) is 0 Å². The zero-order chi connectivity index (χ0) is 17.7. The molecule has 0 atom stereocenters. The number of nitrogens with zero attached hydrogens (tertiary/aromatic N) is 1. The van der Waals surface area contributed by atoms with Crippen molar-refractivity contribution in [1.82, 2.24) is 4.90 Å². The van der Waals surface area contributed by atoms with E-state index in [1.54, 1.807) is 32.2 Å². The van der Waals surface area contributed by atoms with Crippen molar-refractivity contribution in [1.29, 1.82) is 0 Å². The average Bonchev–Trinajstić information content (AvgIpc) is 2.93. The van der Waals surface area contributed by atoms with E-state index in [2.05, 4.69) is 4.74 Å². The van der Waals surface area contributed by atoms with Crippen LogP contribution >= 0.6 is 11.8 Å². The third-order valence-electron chi connectivity index (χ3n) is 3.37. The van der Waals surface area contributed by atoms with Gasteiger partial charge < -0.3 is 14.1 Å². The zero-order valence-electron chi connectivity index (χ0n) is 13.7. The summed E-state index contributed by atoms with van der Waals surface area (Å²) in [5, 5.41) is 0. The van der Waals surface area contributed by atoms with E-state index in [-0.39, 0.29) is 24.0 Å². The van der Waals surface area contributed by atoms with Crippen LogP contribution in [-0.4, -0.2) is 36.7 Å². The number of halogens is 1. The molecule has 0 saturated carbocycles. The van der Waals surface area contributed by atoms with E-state index in [0.717, 1.165) is 4.90 Å². The summed E-state index contributed by atoms with van der Waals surface area (Å²) >= 11 is 1.33. The molecule has 5 nitrogen and oxygen atoms in total. The molecule has 0 spiro atoms. The van der Waals surface area contributed by atoms with E-state index >= 15 is 0 Å². The SMILES string of the molecule is COC(=O)c1cc(CN(C)C(=O)CSc2ccc(F)cc2)oc1C. The van der Waals surface area contributed by atoms with Gasteiger partial charge in [-0.25, -0.2) is 9.18 Å². The summed E-state index contributed by atoms with van der Waals surface area (Å²) in [5.74, 6) is 0.318. The Morgan fingerprint density at radius 3 is 2.58 bits per heavy atom. The summed E-state index contributed by atoms with van der Waals surface area (Å²) in [6.45, 7) is 1.92. The van der Waals surface area contributed by atoms with Gasteiger partial charge in [-0.05, 0) is 37.3 Å². The third kappa shape index (κ3) is 4.61.